The van der Waals surface area contributed by atoms with Gasteiger partial charge in [0.2, 0.25) is 0 Å². The van der Waals surface area contributed by atoms with E-state index >= 15 is 0 Å². The Morgan fingerprint density at radius 1 is 0.586 bits per heavy atom. The van der Waals surface area contributed by atoms with Gasteiger partial charge in [-0.25, -0.2) is 0 Å². The maximum atomic E-state index is 9.78. The minimum atomic E-state index is -0.679. The smallest absolute Gasteiger partial charge is 0.0948 e. The maximum absolute atomic E-state index is 9.78. The van der Waals surface area contributed by atoms with E-state index in [1.807, 2.05) is 21.0 Å². The molecule has 0 fully saturated rings. The van der Waals surface area contributed by atoms with Crippen LogP contribution in [0, 0.1) is 23.7 Å². The molecule has 0 amide bonds. The Morgan fingerprint density at radius 2 is 0.931 bits per heavy atom. The number of aliphatic hydroxyl groups excluding tert-OH is 3. The van der Waals surface area contributed by atoms with Crippen LogP contribution in [0.5, 0.6) is 0 Å². The summed E-state index contributed by atoms with van der Waals surface area (Å²) in [5.41, 5.74) is 0. The summed E-state index contributed by atoms with van der Waals surface area (Å²) in [7, 11) is 3.75. The molecule has 9 atom stereocenters. The van der Waals surface area contributed by atoms with Crippen molar-refractivity contribution in [3.05, 3.63) is 0 Å². The second-order valence-electron chi connectivity index (χ2n) is 8.96. The first kappa shape index (κ1) is 33.4. The topological polar surface area (TPSA) is 84.8 Å². The van der Waals surface area contributed by atoms with Crippen LogP contribution >= 0.6 is 0 Å². The summed E-state index contributed by atoms with van der Waals surface area (Å²) in [6, 6.07) is 0.220. The van der Waals surface area contributed by atoms with Gasteiger partial charge in [0.25, 0.3) is 0 Å². The predicted octanol–water partition coefficient (Wildman–Crippen LogP) is 4.05. The zero-order valence-corrected chi connectivity index (χ0v) is 20.4. The first-order valence-corrected chi connectivity index (χ1v) is 11.3. The number of aliphatic hydroxyl groups is 3. The summed E-state index contributed by atoms with van der Waals surface area (Å²) >= 11 is 0. The lowest BCUT2D eigenvalue weighted by Gasteiger charge is -2.29. The van der Waals surface area contributed by atoms with Crippen LogP contribution in [0.15, 0.2) is 0 Å². The maximum Gasteiger partial charge on any atom is 0.0948 e. The molecule has 180 valence electrons. The molecular weight excluding hydrogens is 364 g/mol. The van der Waals surface area contributed by atoms with Crippen LogP contribution in [-0.2, 0) is 0 Å². The van der Waals surface area contributed by atoms with Crippen molar-refractivity contribution in [1.29, 1.82) is 0 Å². The molecule has 0 aliphatic heterocycles. The summed E-state index contributed by atoms with van der Waals surface area (Å²) in [6.45, 7) is 16.9. The minimum Gasteiger partial charge on any atom is -0.392 e. The van der Waals surface area contributed by atoms with E-state index in [-0.39, 0.29) is 25.6 Å². The summed E-state index contributed by atoms with van der Waals surface area (Å²) in [5.74, 6) is 2.63. The number of nitrogens with one attached hydrogen (secondary N) is 2. The Kier molecular flexibility index (Phi) is 21.4. The Morgan fingerprint density at radius 3 is 1.17 bits per heavy atom. The largest absolute Gasteiger partial charge is 0.392 e. The quantitative estimate of drug-likeness (QED) is 0.310. The standard InChI is InChI=1S/C12H27NO2.C11H25NO.CH4/c1-6-8(2)9(3)7-11(13-5)12(15)10(4)14;1-6-8(2)9(3)7-11(12-5)10(4)13;/h8-15H,6-7H2,1-5H3;8-13H,6-7H2,1-5H3;1H4. The molecule has 29 heavy (non-hydrogen) atoms. The fraction of sp³-hybridized carbons (Fsp3) is 1.00. The van der Waals surface area contributed by atoms with E-state index in [9.17, 15) is 15.3 Å². The van der Waals surface area contributed by atoms with Gasteiger partial charge in [-0.1, -0.05) is 61.8 Å². The first-order chi connectivity index (χ1) is 13.0. The van der Waals surface area contributed by atoms with Crippen molar-refractivity contribution in [3.8, 4) is 0 Å². The summed E-state index contributed by atoms with van der Waals surface area (Å²) < 4.78 is 0. The van der Waals surface area contributed by atoms with Crippen LogP contribution in [0.4, 0.5) is 0 Å². The average molecular weight is 421 g/mol. The normalized spacial score (nSPS) is 20.6. The van der Waals surface area contributed by atoms with Crippen molar-refractivity contribution < 1.29 is 15.3 Å². The third kappa shape index (κ3) is 14.4. The van der Waals surface area contributed by atoms with E-state index in [4.69, 9.17) is 0 Å². The second-order valence-corrected chi connectivity index (χ2v) is 8.96. The van der Waals surface area contributed by atoms with Gasteiger partial charge in [-0.05, 0) is 64.5 Å². The van der Waals surface area contributed by atoms with Gasteiger partial charge in [-0.15, -0.1) is 0 Å². The molecule has 0 saturated heterocycles. The van der Waals surface area contributed by atoms with Crippen LogP contribution in [-0.4, -0.2) is 59.8 Å². The van der Waals surface area contributed by atoms with Gasteiger partial charge in [0.1, 0.15) is 0 Å². The number of hydrogen-bond acceptors (Lipinski definition) is 5. The highest BCUT2D eigenvalue weighted by atomic mass is 16.3. The molecule has 5 N–H and O–H groups in total. The van der Waals surface area contributed by atoms with Gasteiger partial charge < -0.3 is 26.0 Å². The van der Waals surface area contributed by atoms with Crippen LogP contribution in [0.25, 0.3) is 0 Å². The third-order valence-corrected chi connectivity index (χ3v) is 6.71. The Hall–Kier alpha value is -0.200. The molecule has 0 aliphatic rings. The monoisotopic (exact) mass is 420 g/mol. The molecule has 0 saturated carbocycles. The minimum absolute atomic E-state index is 0. The lowest BCUT2D eigenvalue weighted by molar-refractivity contribution is 0.00156. The lowest BCUT2D eigenvalue weighted by atomic mass is 9.86. The van der Waals surface area contributed by atoms with Crippen molar-refractivity contribution in [2.45, 2.75) is 119 Å². The number of likely N-dealkylation sites (N-methyl/N-ethyl adjacent to an activating group) is 2. The molecule has 0 spiro atoms. The molecule has 0 aliphatic carbocycles. The van der Waals surface area contributed by atoms with Gasteiger partial charge in [-0.2, -0.15) is 0 Å². The third-order valence-electron chi connectivity index (χ3n) is 6.71. The molecule has 0 rings (SSSR count). The zero-order chi connectivity index (χ0) is 22.4. The van der Waals surface area contributed by atoms with Gasteiger partial charge in [0, 0.05) is 12.1 Å². The van der Waals surface area contributed by atoms with E-state index in [1.54, 1.807) is 6.92 Å². The second kappa shape index (κ2) is 18.6. The summed E-state index contributed by atoms with van der Waals surface area (Å²) in [4.78, 5) is 0. The average Bonchev–Trinajstić information content (AvgIpc) is 2.67. The highest BCUT2D eigenvalue weighted by Crippen LogP contribution is 2.22. The summed E-state index contributed by atoms with van der Waals surface area (Å²) in [6.07, 6.45) is 2.73. The van der Waals surface area contributed by atoms with Crippen molar-refractivity contribution >= 4 is 0 Å². The van der Waals surface area contributed by atoms with Crippen molar-refractivity contribution in [1.82, 2.24) is 10.6 Å². The van der Waals surface area contributed by atoms with E-state index in [2.05, 4.69) is 52.2 Å². The fourth-order valence-corrected chi connectivity index (χ4v) is 3.39. The molecule has 9 unspecified atom stereocenters. The Bertz CT molecular complexity index is 353. The molecule has 5 heteroatoms. The number of hydrogen-bond donors (Lipinski definition) is 5. The van der Waals surface area contributed by atoms with Crippen LogP contribution < -0.4 is 10.6 Å². The predicted molar refractivity (Wildman–Crippen MR) is 128 cm³/mol. The van der Waals surface area contributed by atoms with Crippen molar-refractivity contribution in [2.75, 3.05) is 14.1 Å². The van der Waals surface area contributed by atoms with Gasteiger partial charge >= 0.3 is 0 Å². The fourth-order valence-electron chi connectivity index (χ4n) is 3.39. The molecule has 0 heterocycles. The molecule has 0 aromatic rings. The first-order valence-electron chi connectivity index (χ1n) is 11.3. The lowest BCUT2D eigenvalue weighted by Crippen LogP contribution is -2.45. The SMILES string of the molecule is C.CCC(C)C(C)CC(NC)C(C)O.CCC(C)C(C)CC(NC)C(O)C(C)O. The molecule has 0 aromatic carbocycles. The molecule has 0 radical (unpaired) electrons. The van der Waals surface area contributed by atoms with Gasteiger partial charge in [0.15, 0.2) is 0 Å². The van der Waals surface area contributed by atoms with Gasteiger partial charge in [0.05, 0.1) is 18.3 Å². The van der Waals surface area contributed by atoms with Crippen molar-refractivity contribution in [2.24, 2.45) is 23.7 Å². The highest BCUT2D eigenvalue weighted by Gasteiger charge is 2.25. The van der Waals surface area contributed by atoms with E-state index in [0.29, 0.717) is 17.8 Å². The zero-order valence-electron chi connectivity index (χ0n) is 20.4. The van der Waals surface area contributed by atoms with Crippen LogP contribution in [0.2, 0.25) is 0 Å². The molecular formula is C24H56N2O3. The van der Waals surface area contributed by atoms with Crippen molar-refractivity contribution in [3.63, 3.8) is 0 Å². The van der Waals surface area contributed by atoms with E-state index in [0.717, 1.165) is 25.2 Å². The van der Waals surface area contributed by atoms with Crippen LogP contribution in [0.1, 0.15) is 88.5 Å². The molecule has 0 aromatic heterocycles. The molecule has 5 nitrogen and oxygen atoms in total. The molecule has 0 bridgehead atoms. The Labute approximate surface area is 183 Å². The van der Waals surface area contributed by atoms with E-state index in [1.165, 1.54) is 6.42 Å². The highest BCUT2D eigenvalue weighted by molar-refractivity contribution is 4.81. The number of rotatable bonds is 13. The summed E-state index contributed by atoms with van der Waals surface area (Å²) in [5, 5.41) is 34.8. The van der Waals surface area contributed by atoms with E-state index < -0.39 is 12.2 Å². The van der Waals surface area contributed by atoms with Crippen LogP contribution in [0.3, 0.4) is 0 Å². The Balaban J connectivity index is -0.000000455. The van der Waals surface area contributed by atoms with Gasteiger partial charge in [-0.3, -0.25) is 0 Å².